The maximum absolute atomic E-state index is 12.6. The van der Waals surface area contributed by atoms with Crippen molar-refractivity contribution in [1.82, 2.24) is 0 Å². The lowest BCUT2D eigenvalue weighted by Crippen LogP contribution is -2.18. The first-order valence-electron chi connectivity index (χ1n) is 6.71. The number of allylic oxidation sites excluding steroid dienone is 2. The number of hydrogen-bond acceptors (Lipinski definition) is 3. The van der Waals surface area contributed by atoms with Gasteiger partial charge in [0, 0.05) is 17.2 Å². The summed E-state index contributed by atoms with van der Waals surface area (Å²) in [5.41, 5.74) is 1.97. The lowest BCUT2D eigenvalue weighted by molar-refractivity contribution is 0.0909. The van der Waals surface area contributed by atoms with Gasteiger partial charge in [0.05, 0.1) is 11.8 Å². The highest BCUT2D eigenvalue weighted by Gasteiger charge is 2.54. The van der Waals surface area contributed by atoms with Crippen LogP contribution in [0.1, 0.15) is 28.3 Å². The largest absolute Gasteiger partial charge is 0.504 e. The highest BCUT2D eigenvalue weighted by atomic mass is 16.3. The summed E-state index contributed by atoms with van der Waals surface area (Å²) >= 11 is 0. The molecular weight excluding hydrogens is 240 g/mol. The van der Waals surface area contributed by atoms with Gasteiger partial charge in [-0.25, -0.2) is 0 Å². The molecule has 94 valence electrons. The van der Waals surface area contributed by atoms with E-state index in [1.165, 1.54) is 0 Å². The summed E-state index contributed by atoms with van der Waals surface area (Å²) in [6, 6.07) is 3.88. The summed E-state index contributed by atoms with van der Waals surface area (Å²) in [6.07, 6.45) is 7.06. The fourth-order valence-electron chi connectivity index (χ4n) is 4.41. The Balaban J connectivity index is 1.86. The van der Waals surface area contributed by atoms with E-state index in [-0.39, 0.29) is 23.4 Å². The summed E-state index contributed by atoms with van der Waals surface area (Å²) in [7, 11) is 0. The van der Waals surface area contributed by atoms with Gasteiger partial charge in [-0.1, -0.05) is 12.2 Å². The molecule has 0 spiro atoms. The van der Waals surface area contributed by atoms with Gasteiger partial charge in [0.25, 0.3) is 0 Å². The van der Waals surface area contributed by atoms with Crippen LogP contribution in [0.4, 0.5) is 0 Å². The van der Waals surface area contributed by atoms with Crippen molar-refractivity contribution in [3.05, 3.63) is 41.7 Å². The van der Waals surface area contributed by atoms with Crippen LogP contribution in [0.2, 0.25) is 0 Å². The second-order valence-electron chi connectivity index (χ2n) is 5.89. The van der Waals surface area contributed by atoms with E-state index in [4.69, 9.17) is 4.42 Å². The predicted octanol–water partition coefficient (Wildman–Crippen LogP) is 3.24. The lowest BCUT2D eigenvalue weighted by atomic mass is 9.83. The highest BCUT2D eigenvalue weighted by Crippen LogP contribution is 2.60. The molecular formula is C16H12O3. The van der Waals surface area contributed by atoms with Gasteiger partial charge in [0.15, 0.2) is 17.1 Å². The SMILES string of the molecule is O=C1c2c(cc3ccoc3c2O)[C@H]2[C@@H]1[C@H]1C=C[C@@H]2C1. The van der Waals surface area contributed by atoms with E-state index in [0.717, 1.165) is 17.4 Å². The molecule has 3 heteroatoms. The van der Waals surface area contributed by atoms with Gasteiger partial charge < -0.3 is 9.52 Å². The zero-order valence-electron chi connectivity index (χ0n) is 10.2. The van der Waals surface area contributed by atoms with E-state index in [1.54, 1.807) is 6.26 Å². The number of hydrogen-bond donors (Lipinski definition) is 1. The predicted molar refractivity (Wildman–Crippen MR) is 69.2 cm³/mol. The van der Waals surface area contributed by atoms with Crippen LogP contribution in [-0.4, -0.2) is 10.9 Å². The quantitative estimate of drug-likeness (QED) is 0.732. The third-order valence-corrected chi connectivity index (χ3v) is 5.11. The second-order valence-corrected chi connectivity index (χ2v) is 5.89. The molecule has 2 aromatic rings. The molecule has 3 nitrogen and oxygen atoms in total. The number of fused-ring (bicyclic) bond motifs is 8. The molecule has 0 radical (unpaired) electrons. The van der Waals surface area contributed by atoms with Crippen LogP contribution >= 0.6 is 0 Å². The summed E-state index contributed by atoms with van der Waals surface area (Å²) < 4.78 is 5.30. The number of ketones is 1. The Kier molecular flexibility index (Phi) is 1.52. The molecule has 1 N–H and O–H groups in total. The van der Waals surface area contributed by atoms with Gasteiger partial charge in [-0.05, 0) is 36.0 Å². The molecule has 2 bridgehead atoms. The van der Waals surface area contributed by atoms with Crippen molar-refractivity contribution in [1.29, 1.82) is 0 Å². The first kappa shape index (κ1) is 9.84. The van der Waals surface area contributed by atoms with Crippen LogP contribution in [0.3, 0.4) is 0 Å². The molecule has 5 rings (SSSR count). The van der Waals surface area contributed by atoms with Crippen LogP contribution < -0.4 is 0 Å². The Morgan fingerprint density at radius 3 is 2.84 bits per heavy atom. The van der Waals surface area contributed by atoms with Gasteiger partial charge >= 0.3 is 0 Å². The van der Waals surface area contributed by atoms with E-state index in [0.29, 0.717) is 23.0 Å². The van der Waals surface area contributed by atoms with Gasteiger partial charge in [-0.3, -0.25) is 4.79 Å². The molecule has 0 unspecified atom stereocenters. The Morgan fingerprint density at radius 1 is 1.21 bits per heavy atom. The fourth-order valence-corrected chi connectivity index (χ4v) is 4.41. The number of phenols is 1. The van der Waals surface area contributed by atoms with Crippen LogP contribution in [-0.2, 0) is 0 Å². The van der Waals surface area contributed by atoms with Crippen molar-refractivity contribution in [3.63, 3.8) is 0 Å². The van der Waals surface area contributed by atoms with Gasteiger partial charge in [-0.15, -0.1) is 0 Å². The number of carbonyl (C=O) groups excluding carboxylic acids is 1. The lowest BCUT2D eigenvalue weighted by Gasteiger charge is -2.19. The number of carbonyl (C=O) groups is 1. The maximum atomic E-state index is 12.6. The Morgan fingerprint density at radius 2 is 2.00 bits per heavy atom. The average Bonchev–Trinajstić information content (AvgIpc) is 3.13. The molecule has 0 saturated heterocycles. The first-order valence-corrected chi connectivity index (χ1v) is 6.71. The van der Waals surface area contributed by atoms with Crippen molar-refractivity contribution in [3.8, 4) is 5.75 Å². The van der Waals surface area contributed by atoms with Crippen molar-refractivity contribution >= 4 is 16.8 Å². The average molecular weight is 252 g/mol. The van der Waals surface area contributed by atoms with Crippen LogP contribution in [0, 0.1) is 17.8 Å². The number of aromatic hydroxyl groups is 1. The Hall–Kier alpha value is -2.03. The molecule has 1 aromatic heterocycles. The van der Waals surface area contributed by atoms with Crippen molar-refractivity contribution in [2.75, 3.05) is 0 Å². The maximum Gasteiger partial charge on any atom is 0.176 e. The van der Waals surface area contributed by atoms with Crippen LogP contribution in [0.25, 0.3) is 11.0 Å². The number of benzene rings is 1. The minimum absolute atomic E-state index is 0.0382. The van der Waals surface area contributed by atoms with Gasteiger partial charge in [-0.2, -0.15) is 0 Å². The zero-order valence-corrected chi connectivity index (χ0v) is 10.2. The molecule has 19 heavy (non-hydrogen) atoms. The normalized spacial score (nSPS) is 34.2. The third-order valence-electron chi connectivity index (χ3n) is 5.11. The molecule has 3 aliphatic carbocycles. The van der Waals surface area contributed by atoms with E-state index in [2.05, 4.69) is 12.2 Å². The van der Waals surface area contributed by atoms with Gasteiger partial charge in [0.2, 0.25) is 0 Å². The summed E-state index contributed by atoms with van der Waals surface area (Å²) in [5, 5.41) is 11.2. The highest BCUT2D eigenvalue weighted by molar-refractivity contribution is 6.10. The number of furan rings is 1. The first-order chi connectivity index (χ1) is 9.25. The molecule has 1 aromatic carbocycles. The standard InChI is InChI=1S/C16H12O3/c17-14-12-8-2-1-7(5-8)11(12)10-6-9-3-4-19-16(9)15(18)13(10)14/h1-4,6-8,11-12,18H,5H2/t7-,8+,11+,12+/m1/s1. The van der Waals surface area contributed by atoms with E-state index < -0.39 is 0 Å². The van der Waals surface area contributed by atoms with Crippen molar-refractivity contribution in [2.45, 2.75) is 12.3 Å². The minimum Gasteiger partial charge on any atom is -0.504 e. The summed E-state index contributed by atoms with van der Waals surface area (Å²) in [6.45, 7) is 0. The van der Waals surface area contributed by atoms with Crippen molar-refractivity contribution < 1.29 is 14.3 Å². The van der Waals surface area contributed by atoms with E-state index in [9.17, 15) is 9.90 Å². The molecule has 0 aliphatic heterocycles. The molecule has 0 amide bonds. The number of rotatable bonds is 0. The van der Waals surface area contributed by atoms with Crippen LogP contribution in [0.5, 0.6) is 5.75 Å². The summed E-state index contributed by atoms with van der Waals surface area (Å²) in [5.74, 6) is 1.28. The van der Waals surface area contributed by atoms with Crippen LogP contribution in [0.15, 0.2) is 35.0 Å². The molecule has 1 saturated carbocycles. The molecule has 4 atom stereocenters. The molecule has 1 heterocycles. The number of Topliss-reactive ketones (excluding diaryl/α,β-unsaturated/α-hetero) is 1. The second kappa shape index (κ2) is 2.93. The number of phenolic OH excluding ortho intramolecular Hbond substituents is 1. The fraction of sp³-hybridized carbons (Fsp3) is 0.312. The summed E-state index contributed by atoms with van der Waals surface area (Å²) in [4.78, 5) is 12.6. The topological polar surface area (TPSA) is 50.4 Å². The molecule has 1 fully saturated rings. The monoisotopic (exact) mass is 252 g/mol. The molecule has 3 aliphatic rings. The Labute approximate surface area is 109 Å². The zero-order chi connectivity index (χ0) is 12.7. The van der Waals surface area contributed by atoms with E-state index in [1.807, 2.05) is 12.1 Å². The van der Waals surface area contributed by atoms with Crippen molar-refractivity contribution in [2.24, 2.45) is 17.8 Å². The third kappa shape index (κ3) is 0.960. The van der Waals surface area contributed by atoms with Gasteiger partial charge in [0.1, 0.15) is 0 Å². The smallest absolute Gasteiger partial charge is 0.176 e. The Bertz CT molecular complexity index is 768. The minimum atomic E-state index is 0.0382. The van der Waals surface area contributed by atoms with E-state index >= 15 is 0 Å².